The highest BCUT2D eigenvalue weighted by atomic mass is 79.9. The van der Waals surface area contributed by atoms with Gasteiger partial charge in [0, 0.05) is 10.9 Å². The van der Waals surface area contributed by atoms with Crippen LogP contribution in [0.1, 0.15) is 12.5 Å². The van der Waals surface area contributed by atoms with E-state index in [9.17, 15) is 8.42 Å². The summed E-state index contributed by atoms with van der Waals surface area (Å²) >= 11 is 3.38. The van der Waals surface area contributed by atoms with E-state index in [1.54, 1.807) is 6.92 Å². The van der Waals surface area contributed by atoms with Crippen molar-refractivity contribution in [3.63, 3.8) is 0 Å². The Morgan fingerprint density at radius 3 is 2.88 bits per heavy atom. The van der Waals surface area contributed by atoms with Crippen LogP contribution in [0.3, 0.4) is 0 Å². The Balaban J connectivity index is 2.24. The van der Waals surface area contributed by atoms with Crippen molar-refractivity contribution in [2.45, 2.75) is 18.9 Å². The first-order valence-corrected chi connectivity index (χ1v) is 7.46. The molecular weight excluding hydrogens is 308 g/mol. The fourth-order valence-electron chi connectivity index (χ4n) is 2.00. The predicted octanol–water partition coefficient (Wildman–Crippen LogP) is 2.12. The van der Waals surface area contributed by atoms with Crippen LogP contribution in [0, 0.1) is 0 Å². The maximum Gasteiger partial charge on any atom is 0.271 e. The van der Waals surface area contributed by atoms with Gasteiger partial charge in [-0.25, -0.2) is 0 Å². The number of hydrogen-bond donors (Lipinski definition) is 0. The number of rotatable bonds is 3. The largest absolute Gasteiger partial charge is 0.486 e. The molecule has 94 valence electrons. The molecular formula is C11H13BrO4S. The van der Waals surface area contributed by atoms with Gasteiger partial charge in [-0.2, -0.15) is 8.42 Å². The Hall–Kier alpha value is -0.590. The summed E-state index contributed by atoms with van der Waals surface area (Å²) in [7, 11) is -2.36. The van der Waals surface area contributed by atoms with E-state index in [-0.39, 0.29) is 5.75 Å². The average molecular weight is 321 g/mol. The lowest BCUT2D eigenvalue weighted by Crippen LogP contribution is -2.38. The molecule has 1 aromatic carbocycles. The minimum Gasteiger partial charge on any atom is -0.486 e. The van der Waals surface area contributed by atoms with Gasteiger partial charge in [0.15, 0.2) is 0 Å². The monoisotopic (exact) mass is 320 g/mol. The Morgan fingerprint density at radius 2 is 2.24 bits per heavy atom. The van der Waals surface area contributed by atoms with E-state index < -0.39 is 15.7 Å². The molecule has 1 aliphatic heterocycles. The quantitative estimate of drug-likeness (QED) is 0.800. The summed E-state index contributed by atoms with van der Waals surface area (Å²) in [5, 5.41) is 0. The van der Waals surface area contributed by atoms with Crippen molar-refractivity contribution >= 4 is 26.0 Å². The summed E-state index contributed by atoms with van der Waals surface area (Å²) in [5.74, 6) is 0.588. The van der Waals surface area contributed by atoms with Crippen LogP contribution in [-0.2, 0) is 20.7 Å². The number of fused-ring (bicyclic) bond motifs is 1. The summed E-state index contributed by atoms with van der Waals surface area (Å²) in [6, 6.07) is 5.65. The van der Waals surface area contributed by atoms with Gasteiger partial charge in [0.1, 0.15) is 17.1 Å². The summed E-state index contributed by atoms with van der Waals surface area (Å²) in [4.78, 5) is 0. The second kappa shape index (κ2) is 4.26. The highest BCUT2D eigenvalue weighted by Gasteiger charge is 2.39. The topological polar surface area (TPSA) is 52.6 Å². The summed E-state index contributed by atoms with van der Waals surface area (Å²) in [5.41, 5.74) is 0.256. The normalized spacial score (nSPS) is 23.2. The molecule has 0 aromatic heterocycles. The lowest BCUT2D eigenvalue weighted by atomic mass is 10.0. The first-order chi connectivity index (χ1) is 7.84. The minimum atomic E-state index is -3.53. The van der Waals surface area contributed by atoms with Gasteiger partial charge < -0.3 is 4.74 Å². The van der Waals surface area contributed by atoms with Gasteiger partial charge in [0.2, 0.25) is 0 Å². The first-order valence-electron chi connectivity index (χ1n) is 5.09. The van der Waals surface area contributed by atoms with Gasteiger partial charge in [-0.15, -0.1) is 0 Å². The van der Waals surface area contributed by atoms with Crippen LogP contribution < -0.4 is 4.74 Å². The molecule has 0 fully saturated rings. The highest BCUT2D eigenvalue weighted by molar-refractivity contribution is 9.10. The van der Waals surface area contributed by atoms with Crippen molar-refractivity contribution in [2.24, 2.45) is 0 Å². The van der Waals surface area contributed by atoms with Crippen LogP contribution in [0.2, 0.25) is 0 Å². The molecule has 0 spiro atoms. The molecule has 0 saturated heterocycles. The maximum atomic E-state index is 11.5. The van der Waals surface area contributed by atoms with Crippen molar-refractivity contribution in [3.8, 4) is 5.75 Å². The third kappa shape index (κ3) is 2.81. The van der Waals surface area contributed by atoms with Gasteiger partial charge in [-0.05, 0) is 30.7 Å². The molecule has 1 atom stereocenters. The number of benzene rings is 1. The van der Waals surface area contributed by atoms with Crippen molar-refractivity contribution in [2.75, 3.05) is 12.9 Å². The van der Waals surface area contributed by atoms with Gasteiger partial charge in [0.05, 0.1) is 7.11 Å². The lowest BCUT2D eigenvalue weighted by molar-refractivity contribution is 0.138. The van der Waals surface area contributed by atoms with Crippen molar-refractivity contribution in [3.05, 3.63) is 28.2 Å². The maximum absolute atomic E-state index is 11.5. The third-order valence-electron chi connectivity index (χ3n) is 2.68. The van der Waals surface area contributed by atoms with Crippen molar-refractivity contribution in [1.29, 1.82) is 0 Å². The van der Waals surface area contributed by atoms with Crippen LogP contribution >= 0.6 is 15.9 Å². The molecule has 0 amide bonds. The van der Waals surface area contributed by atoms with Crippen LogP contribution in [0.15, 0.2) is 22.7 Å². The fraction of sp³-hybridized carbons (Fsp3) is 0.455. The molecule has 1 aliphatic rings. The van der Waals surface area contributed by atoms with E-state index in [4.69, 9.17) is 4.74 Å². The van der Waals surface area contributed by atoms with Crippen molar-refractivity contribution < 1.29 is 17.3 Å². The van der Waals surface area contributed by atoms with E-state index in [2.05, 4.69) is 20.1 Å². The standard InChI is InChI=1S/C11H13BrO4S/c1-11(7-17(13,14)15-2)6-8-5-9(12)3-4-10(8)16-11/h3-5H,6-7H2,1-2H3. The second-order valence-electron chi connectivity index (χ2n) is 4.35. The molecule has 0 radical (unpaired) electrons. The SMILES string of the molecule is COS(=O)(=O)CC1(C)Cc2cc(Br)ccc2O1. The molecule has 0 bridgehead atoms. The molecule has 0 N–H and O–H groups in total. The predicted molar refractivity (Wildman–Crippen MR) is 67.7 cm³/mol. The second-order valence-corrected chi connectivity index (χ2v) is 7.00. The lowest BCUT2D eigenvalue weighted by Gasteiger charge is -2.22. The van der Waals surface area contributed by atoms with Gasteiger partial charge in [-0.3, -0.25) is 4.18 Å². The molecule has 1 aromatic rings. The minimum absolute atomic E-state index is 0.150. The van der Waals surface area contributed by atoms with Crippen molar-refractivity contribution in [1.82, 2.24) is 0 Å². The van der Waals surface area contributed by atoms with Crippen LogP contribution in [0.4, 0.5) is 0 Å². The zero-order valence-corrected chi connectivity index (χ0v) is 12.0. The molecule has 0 saturated carbocycles. The number of halogens is 1. The molecule has 0 aliphatic carbocycles. The zero-order chi connectivity index (χ0) is 12.7. The van der Waals surface area contributed by atoms with E-state index in [1.807, 2.05) is 18.2 Å². The summed E-state index contributed by atoms with van der Waals surface area (Å²) in [6.07, 6.45) is 0.560. The average Bonchev–Trinajstić information content (AvgIpc) is 2.52. The van der Waals surface area contributed by atoms with Crippen LogP contribution in [0.5, 0.6) is 5.75 Å². The van der Waals surface area contributed by atoms with E-state index in [0.717, 1.165) is 22.9 Å². The Kier molecular flexibility index (Phi) is 3.22. The molecule has 1 heterocycles. The van der Waals surface area contributed by atoms with E-state index in [0.29, 0.717) is 6.42 Å². The fourth-order valence-corrected chi connectivity index (χ4v) is 3.44. The van der Waals surface area contributed by atoms with Gasteiger partial charge in [0.25, 0.3) is 10.1 Å². The Morgan fingerprint density at radius 1 is 1.53 bits per heavy atom. The van der Waals surface area contributed by atoms with Gasteiger partial charge >= 0.3 is 0 Å². The van der Waals surface area contributed by atoms with Crippen LogP contribution in [0.25, 0.3) is 0 Å². The Labute approximate surface area is 109 Å². The molecule has 4 nitrogen and oxygen atoms in total. The summed E-state index contributed by atoms with van der Waals surface area (Å²) < 4.78 is 34.1. The summed E-state index contributed by atoms with van der Waals surface area (Å²) in [6.45, 7) is 1.78. The van der Waals surface area contributed by atoms with E-state index in [1.165, 1.54) is 0 Å². The number of hydrogen-bond acceptors (Lipinski definition) is 4. The highest BCUT2D eigenvalue weighted by Crippen LogP contribution is 2.37. The molecule has 17 heavy (non-hydrogen) atoms. The van der Waals surface area contributed by atoms with Crippen LogP contribution in [-0.4, -0.2) is 26.9 Å². The Bertz CT molecular complexity index is 540. The number of ether oxygens (including phenoxy) is 1. The zero-order valence-electron chi connectivity index (χ0n) is 9.57. The molecule has 1 unspecified atom stereocenters. The smallest absolute Gasteiger partial charge is 0.271 e. The third-order valence-corrected chi connectivity index (χ3v) is 4.64. The molecule has 2 rings (SSSR count). The van der Waals surface area contributed by atoms with Gasteiger partial charge in [-0.1, -0.05) is 15.9 Å². The van der Waals surface area contributed by atoms with E-state index >= 15 is 0 Å². The first kappa shape index (κ1) is 12.9. The molecule has 6 heteroatoms.